The average molecular weight is 347 g/mol. The van der Waals surface area contributed by atoms with Gasteiger partial charge in [0.25, 0.3) is 0 Å². The van der Waals surface area contributed by atoms with Crippen molar-refractivity contribution in [3.05, 3.63) is 70.3 Å². The van der Waals surface area contributed by atoms with Crippen molar-refractivity contribution in [1.29, 1.82) is 0 Å². The van der Waals surface area contributed by atoms with Crippen LogP contribution in [0.25, 0.3) is 0 Å². The monoisotopic (exact) mass is 347 g/mol. The molecule has 5 heteroatoms. The summed E-state index contributed by atoms with van der Waals surface area (Å²) >= 11 is 0. The van der Waals surface area contributed by atoms with Gasteiger partial charge in [-0.15, -0.1) is 0 Å². The molecule has 1 N–H and O–H groups in total. The minimum atomic E-state index is -4.34. The first-order valence-electron chi connectivity index (χ1n) is 8.45. The zero-order chi connectivity index (χ0) is 17.9. The Morgan fingerprint density at radius 3 is 2.24 bits per heavy atom. The molecule has 132 valence electrons. The number of carbonyl (C=O) groups excluding carboxylic acids is 1. The standard InChI is InChI=1S/C20H20F3NO/c21-20(22,23)18-9-6-14(7-10-18)13-24-19(25)12-15-5-8-16-3-1-2-4-17(16)11-15/h5-11H,1-4,12-13H2,(H,24,25). The van der Waals surface area contributed by atoms with Crippen molar-refractivity contribution in [3.63, 3.8) is 0 Å². The molecule has 2 aromatic carbocycles. The van der Waals surface area contributed by atoms with Crippen molar-refractivity contribution >= 4 is 5.91 Å². The summed E-state index contributed by atoms with van der Waals surface area (Å²) in [5, 5.41) is 2.77. The topological polar surface area (TPSA) is 29.1 Å². The van der Waals surface area contributed by atoms with Crippen LogP contribution in [0, 0.1) is 0 Å². The lowest BCUT2D eigenvalue weighted by Gasteiger charge is -2.16. The van der Waals surface area contributed by atoms with Crippen LogP contribution in [0.2, 0.25) is 0 Å². The number of halogens is 3. The Hall–Kier alpha value is -2.30. The van der Waals surface area contributed by atoms with Gasteiger partial charge in [0.05, 0.1) is 12.0 Å². The number of nitrogens with one attached hydrogen (secondary N) is 1. The van der Waals surface area contributed by atoms with E-state index in [1.807, 2.05) is 6.07 Å². The van der Waals surface area contributed by atoms with Gasteiger partial charge in [-0.1, -0.05) is 30.3 Å². The van der Waals surface area contributed by atoms with E-state index < -0.39 is 11.7 Å². The van der Waals surface area contributed by atoms with Gasteiger partial charge in [0.15, 0.2) is 0 Å². The van der Waals surface area contributed by atoms with Crippen LogP contribution in [0.15, 0.2) is 42.5 Å². The number of aryl methyl sites for hydroxylation is 2. The molecule has 2 aromatic rings. The second-order valence-corrected chi connectivity index (χ2v) is 6.46. The van der Waals surface area contributed by atoms with Crippen molar-refractivity contribution in [3.8, 4) is 0 Å². The van der Waals surface area contributed by atoms with Gasteiger partial charge in [-0.25, -0.2) is 0 Å². The van der Waals surface area contributed by atoms with Gasteiger partial charge < -0.3 is 5.32 Å². The largest absolute Gasteiger partial charge is 0.416 e. The molecule has 1 aliphatic rings. The molecule has 1 amide bonds. The highest BCUT2D eigenvalue weighted by molar-refractivity contribution is 5.78. The third-order valence-electron chi connectivity index (χ3n) is 4.55. The van der Waals surface area contributed by atoms with Crippen LogP contribution in [-0.2, 0) is 36.8 Å². The van der Waals surface area contributed by atoms with Gasteiger partial charge in [-0.3, -0.25) is 4.79 Å². The lowest BCUT2D eigenvalue weighted by Crippen LogP contribution is -2.24. The number of rotatable bonds is 4. The van der Waals surface area contributed by atoms with Gasteiger partial charge in [0.2, 0.25) is 5.91 Å². The van der Waals surface area contributed by atoms with Crippen LogP contribution < -0.4 is 5.32 Å². The van der Waals surface area contributed by atoms with Crippen molar-refractivity contribution in [1.82, 2.24) is 5.32 Å². The highest BCUT2D eigenvalue weighted by Gasteiger charge is 2.29. The Bertz CT molecular complexity index is 751. The second kappa shape index (κ2) is 7.30. The van der Waals surface area contributed by atoms with Crippen molar-refractivity contribution in [2.24, 2.45) is 0 Å². The van der Waals surface area contributed by atoms with Gasteiger partial charge in [0, 0.05) is 6.54 Å². The van der Waals surface area contributed by atoms with E-state index in [9.17, 15) is 18.0 Å². The molecular formula is C20H20F3NO. The van der Waals surface area contributed by atoms with E-state index in [-0.39, 0.29) is 18.9 Å². The first-order valence-corrected chi connectivity index (χ1v) is 8.45. The van der Waals surface area contributed by atoms with E-state index >= 15 is 0 Å². The Morgan fingerprint density at radius 1 is 0.920 bits per heavy atom. The van der Waals surface area contributed by atoms with E-state index in [4.69, 9.17) is 0 Å². The minimum absolute atomic E-state index is 0.129. The molecule has 0 aromatic heterocycles. The molecule has 2 nitrogen and oxygen atoms in total. The van der Waals surface area contributed by atoms with Gasteiger partial charge in [-0.2, -0.15) is 13.2 Å². The van der Waals surface area contributed by atoms with Crippen molar-refractivity contribution < 1.29 is 18.0 Å². The third kappa shape index (κ3) is 4.62. The third-order valence-corrected chi connectivity index (χ3v) is 4.55. The van der Waals surface area contributed by atoms with E-state index in [0.29, 0.717) is 5.56 Å². The Labute approximate surface area is 145 Å². The maximum atomic E-state index is 12.5. The minimum Gasteiger partial charge on any atom is -0.352 e. The molecular weight excluding hydrogens is 327 g/mol. The molecule has 1 aliphatic carbocycles. The first-order chi connectivity index (χ1) is 11.9. The summed E-state index contributed by atoms with van der Waals surface area (Å²) in [6.07, 6.45) is 0.532. The molecule has 0 fully saturated rings. The van der Waals surface area contributed by atoms with Crippen LogP contribution in [0.5, 0.6) is 0 Å². The molecule has 0 atom stereocenters. The maximum absolute atomic E-state index is 12.5. The lowest BCUT2D eigenvalue weighted by atomic mass is 9.90. The van der Waals surface area contributed by atoms with Crippen LogP contribution in [0.4, 0.5) is 13.2 Å². The lowest BCUT2D eigenvalue weighted by molar-refractivity contribution is -0.137. The van der Waals surface area contributed by atoms with Crippen LogP contribution in [-0.4, -0.2) is 5.91 Å². The van der Waals surface area contributed by atoms with Crippen LogP contribution in [0.3, 0.4) is 0 Å². The van der Waals surface area contributed by atoms with Gasteiger partial charge >= 0.3 is 6.18 Å². The number of hydrogen-bond donors (Lipinski definition) is 1. The fourth-order valence-electron chi connectivity index (χ4n) is 3.16. The average Bonchev–Trinajstić information content (AvgIpc) is 2.59. The predicted octanol–water partition coefficient (Wildman–Crippen LogP) is 4.44. The Morgan fingerprint density at radius 2 is 1.56 bits per heavy atom. The van der Waals surface area contributed by atoms with E-state index in [1.54, 1.807) is 0 Å². The Kier molecular flexibility index (Phi) is 5.11. The maximum Gasteiger partial charge on any atom is 0.416 e. The molecule has 25 heavy (non-hydrogen) atoms. The quantitative estimate of drug-likeness (QED) is 0.870. The van der Waals surface area contributed by atoms with Gasteiger partial charge in [0.1, 0.15) is 0 Å². The fourth-order valence-corrected chi connectivity index (χ4v) is 3.16. The summed E-state index contributed by atoms with van der Waals surface area (Å²) < 4.78 is 37.6. The fraction of sp³-hybridized carbons (Fsp3) is 0.350. The molecule has 0 saturated carbocycles. The van der Waals surface area contributed by atoms with Crippen molar-refractivity contribution in [2.45, 2.75) is 44.8 Å². The highest BCUT2D eigenvalue weighted by Crippen LogP contribution is 2.29. The summed E-state index contributed by atoms with van der Waals surface area (Å²) in [4.78, 5) is 12.1. The van der Waals surface area contributed by atoms with Crippen LogP contribution >= 0.6 is 0 Å². The summed E-state index contributed by atoms with van der Waals surface area (Å²) in [7, 11) is 0. The summed E-state index contributed by atoms with van der Waals surface area (Å²) in [6, 6.07) is 11.0. The summed E-state index contributed by atoms with van der Waals surface area (Å²) in [5.41, 5.74) is 3.65. The van der Waals surface area contributed by atoms with E-state index in [0.717, 1.165) is 30.5 Å². The molecule has 0 spiro atoms. The number of benzene rings is 2. The predicted molar refractivity (Wildman–Crippen MR) is 90.1 cm³/mol. The molecule has 0 heterocycles. The highest BCUT2D eigenvalue weighted by atomic mass is 19.4. The zero-order valence-corrected chi connectivity index (χ0v) is 13.8. The number of fused-ring (bicyclic) bond motifs is 1. The first kappa shape index (κ1) is 17.5. The number of amides is 1. The number of hydrogen-bond acceptors (Lipinski definition) is 1. The molecule has 0 unspecified atom stereocenters. The SMILES string of the molecule is O=C(Cc1ccc2c(c1)CCCC2)NCc1ccc(C(F)(F)F)cc1. The van der Waals surface area contributed by atoms with E-state index in [2.05, 4.69) is 17.4 Å². The second-order valence-electron chi connectivity index (χ2n) is 6.46. The zero-order valence-electron chi connectivity index (χ0n) is 13.8. The summed E-state index contributed by atoms with van der Waals surface area (Å²) in [6.45, 7) is 0.224. The number of alkyl halides is 3. The molecule has 0 radical (unpaired) electrons. The molecule has 0 saturated heterocycles. The smallest absolute Gasteiger partial charge is 0.352 e. The van der Waals surface area contributed by atoms with Gasteiger partial charge in [-0.05, 0) is 60.1 Å². The molecule has 0 aliphatic heterocycles. The number of carbonyl (C=O) groups is 1. The Balaban J connectivity index is 1.54. The summed E-state index contributed by atoms with van der Waals surface area (Å²) in [5.74, 6) is -0.129. The van der Waals surface area contributed by atoms with Crippen LogP contribution in [0.1, 0.15) is 40.7 Å². The molecule has 0 bridgehead atoms. The van der Waals surface area contributed by atoms with E-state index in [1.165, 1.54) is 36.1 Å². The normalized spacial score (nSPS) is 14.0. The van der Waals surface area contributed by atoms with Crippen molar-refractivity contribution in [2.75, 3.05) is 0 Å². The molecule has 3 rings (SSSR count).